The summed E-state index contributed by atoms with van der Waals surface area (Å²) in [5, 5.41) is 2.13. The second-order valence-corrected chi connectivity index (χ2v) is 5.03. The number of nitrogens with zero attached hydrogens (tertiary/aromatic N) is 1. The van der Waals surface area contributed by atoms with Crippen molar-refractivity contribution in [3.63, 3.8) is 0 Å². The highest BCUT2D eigenvalue weighted by Crippen LogP contribution is 2.32. The van der Waals surface area contributed by atoms with E-state index in [4.69, 9.17) is 11.5 Å². The Kier molecular flexibility index (Phi) is 4.24. The van der Waals surface area contributed by atoms with Crippen molar-refractivity contribution in [3.8, 4) is 0 Å². The average Bonchev–Trinajstić information content (AvgIpc) is 2.57. The molecule has 108 valence electrons. The van der Waals surface area contributed by atoms with Crippen LogP contribution in [-0.2, 0) is 4.79 Å². The zero-order valence-electron chi connectivity index (χ0n) is 11.5. The zero-order chi connectivity index (χ0) is 14.7. The lowest BCUT2D eigenvalue weighted by atomic mass is 10.0. The van der Waals surface area contributed by atoms with E-state index in [9.17, 15) is 9.59 Å². The molecule has 6 heteroatoms. The Morgan fingerprint density at radius 1 is 1.40 bits per heavy atom. The fraction of sp³-hybridized carbons (Fsp3) is 0.429. The third kappa shape index (κ3) is 2.91. The van der Waals surface area contributed by atoms with Gasteiger partial charge in [-0.25, -0.2) is 4.79 Å². The maximum absolute atomic E-state index is 12.0. The number of carbonyl (C=O) groups is 2. The van der Waals surface area contributed by atoms with Crippen LogP contribution in [0.1, 0.15) is 31.4 Å². The summed E-state index contributed by atoms with van der Waals surface area (Å²) in [6, 6.07) is 6.46. The van der Waals surface area contributed by atoms with Crippen molar-refractivity contribution in [1.29, 1.82) is 0 Å². The lowest BCUT2D eigenvalue weighted by molar-refractivity contribution is -0.120. The van der Waals surface area contributed by atoms with Gasteiger partial charge in [0.25, 0.3) is 0 Å². The molecule has 0 aliphatic carbocycles. The number of nitrogens with two attached hydrogens (primary N) is 2. The lowest BCUT2D eigenvalue weighted by Crippen LogP contribution is -2.49. The number of para-hydroxylation sites is 1. The van der Waals surface area contributed by atoms with Gasteiger partial charge in [-0.1, -0.05) is 18.2 Å². The van der Waals surface area contributed by atoms with Gasteiger partial charge in [0.15, 0.2) is 0 Å². The van der Waals surface area contributed by atoms with Crippen LogP contribution < -0.4 is 21.7 Å². The third-order valence-corrected chi connectivity index (χ3v) is 3.65. The van der Waals surface area contributed by atoms with Gasteiger partial charge < -0.3 is 16.4 Å². The number of rotatable bonds is 2. The Bertz CT molecular complexity index is 518. The minimum absolute atomic E-state index is 0.0254. The number of urea groups is 1. The van der Waals surface area contributed by atoms with Crippen molar-refractivity contribution >= 4 is 17.6 Å². The molecule has 0 fully saturated rings. The van der Waals surface area contributed by atoms with Crippen LogP contribution in [0.2, 0.25) is 0 Å². The predicted octanol–water partition coefficient (Wildman–Crippen LogP) is 0.870. The van der Waals surface area contributed by atoms with Crippen LogP contribution >= 0.6 is 0 Å². The standard InChI is InChI=1S/C14H20N4O2/c1-9(13(19)17-14(16)20)18-8-4-6-11(15)10-5-2-3-7-12(10)18/h2-3,5,7,9,11H,4,6,8,15H2,1H3,(H3,16,17,19,20). The molecule has 1 aromatic carbocycles. The van der Waals surface area contributed by atoms with E-state index in [0.717, 1.165) is 30.6 Å². The van der Waals surface area contributed by atoms with Crippen molar-refractivity contribution in [2.45, 2.75) is 31.8 Å². The molecule has 3 amide bonds. The summed E-state index contributed by atoms with van der Waals surface area (Å²) in [5.41, 5.74) is 13.1. The van der Waals surface area contributed by atoms with Gasteiger partial charge >= 0.3 is 6.03 Å². The van der Waals surface area contributed by atoms with E-state index < -0.39 is 18.0 Å². The smallest absolute Gasteiger partial charge is 0.318 e. The number of nitrogens with one attached hydrogen (secondary N) is 1. The molecule has 1 heterocycles. The van der Waals surface area contributed by atoms with E-state index in [1.807, 2.05) is 29.2 Å². The minimum Gasteiger partial charge on any atom is -0.359 e. The molecule has 0 spiro atoms. The maximum atomic E-state index is 12.0. The van der Waals surface area contributed by atoms with Gasteiger partial charge in [0.1, 0.15) is 6.04 Å². The van der Waals surface area contributed by atoms with Gasteiger partial charge in [-0.15, -0.1) is 0 Å². The highest BCUT2D eigenvalue weighted by molar-refractivity contribution is 5.97. The molecule has 1 aliphatic heterocycles. The van der Waals surface area contributed by atoms with Crippen LogP contribution in [-0.4, -0.2) is 24.5 Å². The summed E-state index contributed by atoms with van der Waals surface area (Å²) in [6.07, 6.45) is 1.77. The molecule has 1 aromatic rings. The summed E-state index contributed by atoms with van der Waals surface area (Å²) in [4.78, 5) is 24.8. The van der Waals surface area contributed by atoms with Crippen molar-refractivity contribution in [1.82, 2.24) is 5.32 Å². The number of fused-ring (bicyclic) bond motifs is 1. The van der Waals surface area contributed by atoms with E-state index in [1.54, 1.807) is 6.92 Å². The summed E-state index contributed by atoms with van der Waals surface area (Å²) >= 11 is 0. The van der Waals surface area contributed by atoms with Crippen molar-refractivity contribution < 1.29 is 9.59 Å². The number of benzene rings is 1. The molecule has 0 aromatic heterocycles. The molecule has 0 radical (unpaired) electrons. The van der Waals surface area contributed by atoms with E-state index in [0.29, 0.717) is 0 Å². The van der Waals surface area contributed by atoms with Crippen LogP contribution in [0, 0.1) is 0 Å². The highest BCUT2D eigenvalue weighted by atomic mass is 16.2. The number of anilines is 1. The molecule has 2 atom stereocenters. The molecular formula is C14H20N4O2. The molecule has 0 saturated heterocycles. The monoisotopic (exact) mass is 276 g/mol. The Hall–Kier alpha value is -2.08. The molecule has 2 unspecified atom stereocenters. The van der Waals surface area contributed by atoms with E-state index in [2.05, 4.69) is 5.32 Å². The van der Waals surface area contributed by atoms with Crippen LogP contribution in [0.5, 0.6) is 0 Å². The number of amides is 3. The molecular weight excluding hydrogens is 256 g/mol. The first-order chi connectivity index (χ1) is 9.50. The number of hydrogen-bond acceptors (Lipinski definition) is 4. The van der Waals surface area contributed by atoms with Crippen molar-refractivity contribution in [2.75, 3.05) is 11.4 Å². The van der Waals surface area contributed by atoms with Crippen molar-refractivity contribution in [2.24, 2.45) is 11.5 Å². The van der Waals surface area contributed by atoms with Gasteiger partial charge in [0.05, 0.1) is 0 Å². The van der Waals surface area contributed by atoms with Crippen LogP contribution in [0.3, 0.4) is 0 Å². The molecule has 6 nitrogen and oxygen atoms in total. The zero-order valence-corrected chi connectivity index (χ0v) is 11.5. The van der Waals surface area contributed by atoms with Gasteiger partial charge in [0.2, 0.25) is 5.91 Å². The third-order valence-electron chi connectivity index (χ3n) is 3.65. The molecule has 0 saturated carbocycles. The molecule has 20 heavy (non-hydrogen) atoms. The maximum Gasteiger partial charge on any atom is 0.318 e. The topological polar surface area (TPSA) is 101 Å². The summed E-state index contributed by atoms with van der Waals surface area (Å²) in [7, 11) is 0. The first kappa shape index (κ1) is 14.3. The average molecular weight is 276 g/mol. The Balaban J connectivity index is 2.29. The second kappa shape index (κ2) is 5.92. The van der Waals surface area contributed by atoms with Crippen LogP contribution in [0.4, 0.5) is 10.5 Å². The number of carbonyl (C=O) groups excluding carboxylic acids is 2. The van der Waals surface area contributed by atoms with Gasteiger partial charge in [-0.05, 0) is 31.4 Å². The molecule has 5 N–H and O–H groups in total. The summed E-state index contributed by atoms with van der Waals surface area (Å²) in [5.74, 6) is -0.400. The Morgan fingerprint density at radius 3 is 2.80 bits per heavy atom. The van der Waals surface area contributed by atoms with Crippen molar-refractivity contribution in [3.05, 3.63) is 29.8 Å². The summed E-state index contributed by atoms with van der Waals surface area (Å²) in [6.45, 7) is 2.48. The summed E-state index contributed by atoms with van der Waals surface area (Å²) < 4.78 is 0. The minimum atomic E-state index is -0.832. The number of imide groups is 1. The van der Waals surface area contributed by atoms with Gasteiger partial charge in [0, 0.05) is 18.3 Å². The number of primary amides is 1. The van der Waals surface area contributed by atoms with E-state index in [-0.39, 0.29) is 6.04 Å². The predicted molar refractivity (Wildman–Crippen MR) is 77.1 cm³/mol. The normalized spacial score (nSPS) is 19.7. The highest BCUT2D eigenvalue weighted by Gasteiger charge is 2.27. The Morgan fingerprint density at radius 2 is 2.10 bits per heavy atom. The second-order valence-electron chi connectivity index (χ2n) is 5.03. The first-order valence-electron chi connectivity index (χ1n) is 6.72. The van der Waals surface area contributed by atoms with Crippen LogP contribution in [0.15, 0.2) is 24.3 Å². The quantitative estimate of drug-likeness (QED) is 0.746. The van der Waals surface area contributed by atoms with Crippen LogP contribution in [0.25, 0.3) is 0 Å². The number of hydrogen-bond donors (Lipinski definition) is 3. The SMILES string of the molecule is CC(C(=O)NC(N)=O)N1CCCC(N)c2ccccc21. The fourth-order valence-electron chi connectivity index (χ4n) is 2.59. The largest absolute Gasteiger partial charge is 0.359 e. The van der Waals surface area contributed by atoms with E-state index >= 15 is 0 Å². The van der Waals surface area contributed by atoms with Gasteiger partial charge in [-0.2, -0.15) is 0 Å². The molecule has 2 rings (SSSR count). The van der Waals surface area contributed by atoms with E-state index in [1.165, 1.54) is 0 Å². The molecule has 0 bridgehead atoms. The first-order valence-corrected chi connectivity index (χ1v) is 6.72. The Labute approximate surface area is 118 Å². The van der Waals surface area contributed by atoms with Gasteiger partial charge in [-0.3, -0.25) is 10.1 Å². The molecule has 1 aliphatic rings. The lowest BCUT2D eigenvalue weighted by Gasteiger charge is -2.30. The fourth-order valence-corrected chi connectivity index (χ4v) is 2.59.